The number of carbonyl (C=O) groups is 1. The van der Waals surface area contributed by atoms with E-state index in [1.54, 1.807) is 13.0 Å². The van der Waals surface area contributed by atoms with E-state index < -0.39 is 5.82 Å². The van der Waals surface area contributed by atoms with Crippen LogP contribution in [0.25, 0.3) is 0 Å². The number of nitrogens with one attached hydrogen (secondary N) is 1. The number of carbonyl (C=O) groups excluding carboxylic acids is 1. The fourth-order valence-corrected chi connectivity index (χ4v) is 1.36. The lowest BCUT2D eigenvalue weighted by molar-refractivity contribution is 0.0950. The van der Waals surface area contributed by atoms with Crippen molar-refractivity contribution in [3.63, 3.8) is 0 Å². The lowest BCUT2D eigenvalue weighted by Gasteiger charge is -2.12. The number of aryl methyl sites for hydroxylation is 1. The van der Waals surface area contributed by atoms with Gasteiger partial charge in [-0.15, -0.1) is 0 Å². The van der Waals surface area contributed by atoms with Gasteiger partial charge >= 0.3 is 0 Å². The van der Waals surface area contributed by atoms with Crippen LogP contribution in [0.3, 0.4) is 0 Å². The first-order chi connectivity index (χ1) is 7.91. The standard InChI is InChI=1S/C12H15FN2OS/c1-7-3-4-9(13)5-10(7)12(16)15-6-8(2)11(14)17/h3-5,8H,6H2,1-2H3,(H2,14,17)(H,15,16). The molecule has 0 heterocycles. The Morgan fingerprint density at radius 3 is 2.82 bits per heavy atom. The van der Waals surface area contributed by atoms with Crippen LogP contribution in [-0.4, -0.2) is 17.4 Å². The number of hydrogen-bond acceptors (Lipinski definition) is 2. The summed E-state index contributed by atoms with van der Waals surface area (Å²) in [6, 6.07) is 4.11. The average molecular weight is 254 g/mol. The minimum absolute atomic E-state index is 0.0807. The summed E-state index contributed by atoms with van der Waals surface area (Å²) in [5, 5.41) is 2.68. The Labute approximate surface area is 105 Å². The largest absolute Gasteiger partial charge is 0.393 e. The third kappa shape index (κ3) is 3.78. The van der Waals surface area contributed by atoms with Gasteiger partial charge in [0.15, 0.2) is 0 Å². The molecule has 92 valence electrons. The van der Waals surface area contributed by atoms with E-state index in [2.05, 4.69) is 5.32 Å². The van der Waals surface area contributed by atoms with Crippen LogP contribution >= 0.6 is 12.2 Å². The first-order valence-corrected chi connectivity index (χ1v) is 5.66. The maximum absolute atomic E-state index is 13.0. The molecular weight excluding hydrogens is 239 g/mol. The minimum atomic E-state index is -0.428. The maximum atomic E-state index is 13.0. The van der Waals surface area contributed by atoms with Crippen molar-refractivity contribution in [2.24, 2.45) is 11.7 Å². The number of rotatable bonds is 4. The second kappa shape index (κ2) is 5.72. The van der Waals surface area contributed by atoms with Crippen molar-refractivity contribution in [1.29, 1.82) is 0 Å². The van der Waals surface area contributed by atoms with Crippen molar-refractivity contribution in [2.45, 2.75) is 13.8 Å². The summed E-state index contributed by atoms with van der Waals surface area (Å²) in [5.74, 6) is -0.823. The molecule has 5 heteroatoms. The van der Waals surface area contributed by atoms with Crippen molar-refractivity contribution >= 4 is 23.1 Å². The van der Waals surface area contributed by atoms with Gasteiger partial charge in [-0.1, -0.05) is 25.2 Å². The van der Waals surface area contributed by atoms with E-state index in [4.69, 9.17) is 18.0 Å². The van der Waals surface area contributed by atoms with Crippen LogP contribution in [0.15, 0.2) is 18.2 Å². The van der Waals surface area contributed by atoms with E-state index in [1.807, 2.05) is 6.92 Å². The van der Waals surface area contributed by atoms with Gasteiger partial charge in [-0.05, 0) is 24.6 Å². The van der Waals surface area contributed by atoms with Gasteiger partial charge < -0.3 is 11.1 Å². The summed E-state index contributed by atoms with van der Waals surface area (Å²) >= 11 is 4.80. The van der Waals surface area contributed by atoms with E-state index >= 15 is 0 Å². The number of benzene rings is 1. The minimum Gasteiger partial charge on any atom is -0.393 e. The van der Waals surface area contributed by atoms with Gasteiger partial charge in [0, 0.05) is 18.0 Å². The van der Waals surface area contributed by atoms with Crippen LogP contribution < -0.4 is 11.1 Å². The molecule has 0 fully saturated rings. The number of halogens is 1. The predicted molar refractivity (Wildman–Crippen MR) is 69.4 cm³/mol. The molecule has 0 bridgehead atoms. The van der Waals surface area contributed by atoms with Crippen LogP contribution in [0.1, 0.15) is 22.8 Å². The van der Waals surface area contributed by atoms with Gasteiger partial charge in [0.05, 0.1) is 4.99 Å². The van der Waals surface area contributed by atoms with Gasteiger partial charge in [-0.2, -0.15) is 0 Å². The molecule has 3 N–H and O–H groups in total. The monoisotopic (exact) mass is 254 g/mol. The molecule has 1 atom stereocenters. The molecule has 0 saturated heterocycles. The molecule has 0 aromatic heterocycles. The summed E-state index contributed by atoms with van der Waals surface area (Å²) in [4.78, 5) is 12.1. The van der Waals surface area contributed by atoms with Gasteiger partial charge in [0.25, 0.3) is 5.91 Å². The van der Waals surface area contributed by atoms with Crippen molar-refractivity contribution in [3.05, 3.63) is 35.1 Å². The van der Waals surface area contributed by atoms with Crippen molar-refractivity contribution in [3.8, 4) is 0 Å². The molecule has 17 heavy (non-hydrogen) atoms. The predicted octanol–water partition coefficient (Wildman–Crippen LogP) is 1.79. The lowest BCUT2D eigenvalue weighted by atomic mass is 10.1. The number of amides is 1. The summed E-state index contributed by atoms with van der Waals surface area (Å²) in [6.07, 6.45) is 0. The van der Waals surface area contributed by atoms with Crippen LogP contribution in [0.5, 0.6) is 0 Å². The Morgan fingerprint density at radius 1 is 1.59 bits per heavy atom. The van der Waals surface area contributed by atoms with Gasteiger partial charge in [0.2, 0.25) is 0 Å². The molecule has 1 unspecified atom stereocenters. The molecule has 0 aliphatic rings. The SMILES string of the molecule is Cc1ccc(F)cc1C(=O)NCC(C)C(N)=S. The van der Waals surface area contributed by atoms with Gasteiger partial charge in [0.1, 0.15) is 5.82 Å². The second-order valence-electron chi connectivity index (χ2n) is 3.97. The fraction of sp³-hybridized carbons (Fsp3) is 0.333. The van der Waals surface area contributed by atoms with Crippen LogP contribution in [0.2, 0.25) is 0 Å². The molecule has 1 rings (SSSR count). The highest BCUT2D eigenvalue weighted by molar-refractivity contribution is 7.80. The smallest absolute Gasteiger partial charge is 0.251 e. The zero-order valence-corrected chi connectivity index (χ0v) is 10.6. The first kappa shape index (κ1) is 13.6. The maximum Gasteiger partial charge on any atom is 0.251 e. The average Bonchev–Trinajstić information content (AvgIpc) is 2.28. The van der Waals surface area contributed by atoms with Crippen molar-refractivity contribution in [2.75, 3.05) is 6.54 Å². The zero-order chi connectivity index (χ0) is 13.0. The number of hydrogen-bond donors (Lipinski definition) is 2. The Balaban J connectivity index is 2.70. The highest BCUT2D eigenvalue weighted by Crippen LogP contribution is 2.10. The highest BCUT2D eigenvalue weighted by Gasteiger charge is 2.12. The first-order valence-electron chi connectivity index (χ1n) is 5.25. The molecule has 0 spiro atoms. The number of nitrogens with two attached hydrogens (primary N) is 1. The quantitative estimate of drug-likeness (QED) is 0.805. The third-order valence-corrected chi connectivity index (χ3v) is 2.90. The van der Waals surface area contributed by atoms with Crippen LogP contribution in [0.4, 0.5) is 4.39 Å². The van der Waals surface area contributed by atoms with E-state index in [0.717, 1.165) is 5.56 Å². The molecule has 0 saturated carbocycles. The Bertz CT molecular complexity index is 448. The topological polar surface area (TPSA) is 55.1 Å². The molecule has 3 nitrogen and oxygen atoms in total. The highest BCUT2D eigenvalue weighted by atomic mass is 32.1. The van der Waals surface area contributed by atoms with Gasteiger partial charge in [-0.3, -0.25) is 4.79 Å². The summed E-state index contributed by atoms with van der Waals surface area (Å²) in [5.41, 5.74) is 6.50. The molecular formula is C12H15FN2OS. The molecule has 0 aliphatic carbocycles. The summed E-state index contributed by atoms with van der Waals surface area (Å²) in [6.45, 7) is 3.93. The van der Waals surface area contributed by atoms with E-state index in [-0.39, 0.29) is 11.8 Å². The van der Waals surface area contributed by atoms with Crippen LogP contribution in [0, 0.1) is 18.7 Å². The van der Waals surface area contributed by atoms with Crippen molar-refractivity contribution in [1.82, 2.24) is 5.32 Å². The lowest BCUT2D eigenvalue weighted by Crippen LogP contribution is -2.34. The van der Waals surface area contributed by atoms with Gasteiger partial charge in [-0.25, -0.2) is 4.39 Å². The third-order valence-electron chi connectivity index (χ3n) is 2.50. The Hall–Kier alpha value is -1.49. The fourth-order valence-electron chi connectivity index (χ4n) is 1.28. The normalized spacial score (nSPS) is 11.9. The Morgan fingerprint density at radius 2 is 2.24 bits per heavy atom. The second-order valence-corrected chi connectivity index (χ2v) is 4.44. The van der Waals surface area contributed by atoms with Crippen LogP contribution in [-0.2, 0) is 0 Å². The molecule has 1 aromatic rings. The summed E-state index contributed by atoms with van der Waals surface area (Å²) < 4.78 is 13.0. The Kier molecular flexibility index (Phi) is 4.57. The summed E-state index contributed by atoms with van der Waals surface area (Å²) in [7, 11) is 0. The van der Waals surface area contributed by atoms with E-state index in [9.17, 15) is 9.18 Å². The van der Waals surface area contributed by atoms with Crippen molar-refractivity contribution < 1.29 is 9.18 Å². The molecule has 1 amide bonds. The molecule has 0 radical (unpaired) electrons. The molecule has 1 aromatic carbocycles. The van der Waals surface area contributed by atoms with E-state index in [0.29, 0.717) is 17.1 Å². The number of thiocarbonyl (C=S) groups is 1. The zero-order valence-electron chi connectivity index (χ0n) is 9.79. The molecule has 0 aliphatic heterocycles. The van der Waals surface area contributed by atoms with E-state index in [1.165, 1.54) is 12.1 Å².